The van der Waals surface area contributed by atoms with E-state index in [1.165, 1.54) is 25.4 Å². The van der Waals surface area contributed by atoms with Crippen LogP contribution < -0.4 is 4.90 Å². The van der Waals surface area contributed by atoms with Gasteiger partial charge in [0.05, 0.1) is 22.4 Å². The van der Waals surface area contributed by atoms with Gasteiger partial charge < -0.3 is 10.3 Å². The molecule has 0 spiro atoms. The van der Waals surface area contributed by atoms with Gasteiger partial charge in [0, 0.05) is 18.0 Å². The summed E-state index contributed by atoms with van der Waals surface area (Å²) >= 11 is 5.87. The van der Waals surface area contributed by atoms with Crippen LogP contribution in [0.3, 0.4) is 0 Å². The Balaban J connectivity index is 2.43. The summed E-state index contributed by atoms with van der Waals surface area (Å²) in [6.45, 7) is 0. The van der Waals surface area contributed by atoms with Gasteiger partial charge in [-0.2, -0.15) is 4.73 Å². The molecular formula is C13H9ClFN3O3. The van der Waals surface area contributed by atoms with Crippen molar-refractivity contribution in [3.63, 3.8) is 0 Å². The topological polar surface area (TPSA) is 78.6 Å². The predicted octanol–water partition coefficient (Wildman–Crippen LogP) is 3.29. The van der Waals surface area contributed by atoms with Crippen molar-refractivity contribution in [2.24, 2.45) is 0 Å². The average molecular weight is 310 g/mol. The van der Waals surface area contributed by atoms with Crippen LogP contribution in [0.25, 0.3) is 22.3 Å². The molecule has 6 nitrogen and oxygen atoms in total. The first-order valence-corrected chi connectivity index (χ1v) is 6.23. The number of fused-ring (bicyclic) bond motifs is 3. The van der Waals surface area contributed by atoms with E-state index in [0.717, 1.165) is 15.7 Å². The minimum atomic E-state index is -1.25. The highest BCUT2D eigenvalue weighted by Crippen LogP contribution is 2.37. The largest absolute Gasteiger partial charge is 0.465 e. The first-order valence-electron chi connectivity index (χ1n) is 5.85. The molecule has 1 amide bonds. The molecule has 21 heavy (non-hydrogen) atoms. The van der Waals surface area contributed by atoms with Crippen molar-refractivity contribution < 1.29 is 19.5 Å². The molecule has 3 rings (SSSR count). The van der Waals surface area contributed by atoms with Gasteiger partial charge in [-0.15, -0.1) is 0 Å². The number of rotatable bonds is 1. The lowest BCUT2D eigenvalue weighted by atomic mass is 10.1. The second-order valence-corrected chi connectivity index (χ2v) is 4.95. The first-order chi connectivity index (χ1) is 9.88. The van der Waals surface area contributed by atoms with Gasteiger partial charge in [0.15, 0.2) is 5.82 Å². The number of benzene rings is 1. The Hall–Kier alpha value is -2.54. The van der Waals surface area contributed by atoms with E-state index < -0.39 is 11.9 Å². The number of nitrogens with zero attached hydrogens (tertiary/aromatic N) is 3. The van der Waals surface area contributed by atoms with Crippen LogP contribution in [0.2, 0.25) is 5.02 Å². The van der Waals surface area contributed by atoms with Crippen LogP contribution in [0.5, 0.6) is 0 Å². The van der Waals surface area contributed by atoms with Gasteiger partial charge in [-0.3, -0.25) is 4.90 Å². The molecule has 2 aliphatic rings. The highest BCUT2D eigenvalue weighted by molar-refractivity contribution is 6.31. The highest BCUT2D eigenvalue weighted by atomic mass is 35.5. The number of aromatic nitrogens is 2. The summed E-state index contributed by atoms with van der Waals surface area (Å²) in [6.07, 6.45) is -0.00366. The number of pyridine rings is 1. The Labute approximate surface area is 122 Å². The molecule has 0 unspecified atom stereocenters. The summed E-state index contributed by atoms with van der Waals surface area (Å²) in [5, 5.41) is 19.5. The van der Waals surface area contributed by atoms with Gasteiger partial charge in [0.2, 0.25) is 0 Å². The van der Waals surface area contributed by atoms with E-state index in [2.05, 4.69) is 4.98 Å². The molecule has 1 aromatic rings. The van der Waals surface area contributed by atoms with Crippen LogP contribution >= 0.6 is 11.6 Å². The van der Waals surface area contributed by atoms with Crippen LogP contribution in [-0.2, 0) is 0 Å². The number of carboxylic acid groups (broad SMARTS) is 1. The molecule has 2 aliphatic heterocycles. The van der Waals surface area contributed by atoms with E-state index in [-0.39, 0.29) is 22.1 Å². The maximum absolute atomic E-state index is 13.8. The molecule has 0 aliphatic carbocycles. The Kier molecular flexibility index (Phi) is 2.87. The van der Waals surface area contributed by atoms with E-state index in [9.17, 15) is 14.4 Å². The van der Waals surface area contributed by atoms with E-state index in [4.69, 9.17) is 16.7 Å². The lowest BCUT2D eigenvalue weighted by Crippen LogP contribution is -2.24. The van der Waals surface area contributed by atoms with Crippen LogP contribution in [-0.4, -0.2) is 33.2 Å². The molecule has 0 saturated carbocycles. The summed E-state index contributed by atoms with van der Waals surface area (Å²) in [4.78, 5) is 16.1. The van der Waals surface area contributed by atoms with E-state index in [1.807, 2.05) is 0 Å². The second-order valence-electron chi connectivity index (χ2n) is 4.51. The predicted molar refractivity (Wildman–Crippen MR) is 74.9 cm³/mol. The van der Waals surface area contributed by atoms with Gasteiger partial charge in [0.1, 0.15) is 5.82 Å². The summed E-state index contributed by atoms with van der Waals surface area (Å²) in [5.74, 6) is -0.440. The molecule has 0 saturated heterocycles. The van der Waals surface area contributed by atoms with Crippen molar-refractivity contribution in [2.75, 3.05) is 11.9 Å². The van der Waals surface area contributed by atoms with Crippen molar-refractivity contribution in [1.82, 2.24) is 9.71 Å². The van der Waals surface area contributed by atoms with Crippen molar-refractivity contribution >= 4 is 34.3 Å². The smallest absolute Gasteiger partial charge is 0.411 e. The fourth-order valence-electron chi connectivity index (χ4n) is 2.22. The summed E-state index contributed by atoms with van der Waals surface area (Å²) < 4.78 is 14.5. The van der Waals surface area contributed by atoms with Crippen LogP contribution in [0, 0.1) is 5.82 Å². The minimum absolute atomic E-state index is 0.0878. The lowest BCUT2D eigenvalue weighted by molar-refractivity contribution is 0.187. The Morgan fingerprint density at radius 3 is 2.81 bits per heavy atom. The molecular weight excluding hydrogens is 301 g/mol. The second kappa shape index (κ2) is 4.49. The Morgan fingerprint density at radius 1 is 1.43 bits per heavy atom. The zero-order chi connectivity index (χ0) is 15.3. The molecule has 0 atom stereocenters. The van der Waals surface area contributed by atoms with E-state index in [0.29, 0.717) is 10.9 Å². The van der Waals surface area contributed by atoms with Gasteiger partial charge in [-0.25, -0.2) is 14.2 Å². The molecule has 1 aromatic carbocycles. The number of hydrogen-bond donors (Lipinski definition) is 2. The maximum Gasteiger partial charge on any atom is 0.411 e. The summed E-state index contributed by atoms with van der Waals surface area (Å²) in [5.41, 5.74) is 0.783. The maximum atomic E-state index is 13.8. The van der Waals surface area contributed by atoms with Gasteiger partial charge >= 0.3 is 6.09 Å². The van der Waals surface area contributed by atoms with Crippen LogP contribution in [0.1, 0.15) is 0 Å². The van der Waals surface area contributed by atoms with E-state index in [1.54, 1.807) is 0 Å². The average Bonchev–Trinajstić information content (AvgIpc) is 2.76. The molecule has 0 fully saturated rings. The number of hydrogen-bond acceptors (Lipinski definition) is 3. The normalized spacial score (nSPS) is 11.2. The van der Waals surface area contributed by atoms with Gasteiger partial charge in [-0.1, -0.05) is 11.6 Å². The Bertz CT molecular complexity index is 848. The molecule has 0 bridgehead atoms. The molecule has 108 valence electrons. The molecule has 2 N–H and O–H groups in total. The third kappa shape index (κ3) is 2.02. The SMILES string of the molecule is CN(C(=O)O)c1cc(F)cc2c3cc(Cl)cn(O)c-3nc12. The van der Waals surface area contributed by atoms with Crippen molar-refractivity contribution in [3.05, 3.63) is 35.2 Å². The monoisotopic (exact) mass is 309 g/mol. The van der Waals surface area contributed by atoms with Gasteiger partial charge in [-0.05, 0) is 18.2 Å². The summed E-state index contributed by atoms with van der Waals surface area (Å²) in [6, 6.07) is 3.83. The van der Waals surface area contributed by atoms with Crippen molar-refractivity contribution in [1.29, 1.82) is 0 Å². The summed E-state index contributed by atoms with van der Waals surface area (Å²) in [7, 11) is 1.29. The number of carbonyl (C=O) groups is 1. The Morgan fingerprint density at radius 2 is 2.14 bits per heavy atom. The number of anilines is 1. The highest BCUT2D eigenvalue weighted by Gasteiger charge is 2.22. The van der Waals surface area contributed by atoms with Crippen LogP contribution in [0.4, 0.5) is 14.9 Å². The fourth-order valence-corrected chi connectivity index (χ4v) is 2.42. The lowest BCUT2D eigenvalue weighted by Gasteiger charge is -2.13. The van der Waals surface area contributed by atoms with Gasteiger partial charge in [0.25, 0.3) is 0 Å². The van der Waals surface area contributed by atoms with Crippen molar-refractivity contribution in [3.8, 4) is 11.4 Å². The quantitative estimate of drug-likeness (QED) is 0.676. The van der Waals surface area contributed by atoms with Crippen molar-refractivity contribution in [2.45, 2.75) is 0 Å². The fraction of sp³-hybridized carbons (Fsp3) is 0.0769. The zero-order valence-electron chi connectivity index (χ0n) is 10.7. The zero-order valence-corrected chi connectivity index (χ0v) is 11.5. The minimum Gasteiger partial charge on any atom is -0.465 e. The number of amides is 1. The molecule has 0 aromatic heterocycles. The third-order valence-electron chi connectivity index (χ3n) is 3.20. The molecule has 0 radical (unpaired) electrons. The molecule has 8 heteroatoms. The third-order valence-corrected chi connectivity index (χ3v) is 3.40. The first kappa shape index (κ1) is 13.4. The standard InChI is InChI=1S/C13H9ClFN3O3/c1-17(13(19)20)10-4-7(15)3-8-9-2-6(14)5-18(21)12(9)16-11(8)10/h2-5,21H,1H3,(H,19,20). The van der Waals surface area contributed by atoms with E-state index >= 15 is 0 Å². The molecule has 2 heterocycles. The van der Waals surface area contributed by atoms with Crippen LogP contribution in [0.15, 0.2) is 24.4 Å². The number of halogens is 2.